The van der Waals surface area contributed by atoms with Gasteiger partial charge in [0.25, 0.3) is 0 Å². The van der Waals surface area contributed by atoms with Crippen LogP contribution in [0.5, 0.6) is 0 Å². The molecule has 0 aliphatic heterocycles. The molecule has 9 heteroatoms. The first-order valence-corrected chi connectivity index (χ1v) is 10.9. The molecule has 2 atom stereocenters. The Labute approximate surface area is 194 Å². The van der Waals surface area contributed by atoms with Gasteiger partial charge in [-0.15, -0.1) is 0 Å². The average molecular weight is 460 g/mol. The summed E-state index contributed by atoms with van der Waals surface area (Å²) in [4.78, 5) is 49.5. The summed E-state index contributed by atoms with van der Waals surface area (Å²) in [6.45, 7) is 4.83. The van der Waals surface area contributed by atoms with Crippen molar-refractivity contribution in [1.29, 1.82) is 0 Å². The van der Waals surface area contributed by atoms with Gasteiger partial charge in [0.2, 0.25) is 11.8 Å². The molecule has 0 aromatic carbocycles. The van der Waals surface area contributed by atoms with Gasteiger partial charge in [-0.3, -0.25) is 9.59 Å². The standard InChI is InChI=1S/C24H33N3O6/c1-24(2,3)33-23(31)27-18(13-16-9-5-6-10-16)21(29)25-15-20(28)26-19(22(30)32-4)14-17-11-7-8-12-17/h5-9,11,18-19H,10,12-15H2,1-4H3,(H,25,29)(H,26,28)(H,27,31)/t18-,19-/m0/s1. The molecule has 0 fully saturated rings. The van der Waals surface area contributed by atoms with E-state index < -0.39 is 41.6 Å². The quantitative estimate of drug-likeness (QED) is 0.431. The number of carbonyl (C=O) groups is 4. The number of nitrogens with one attached hydrogen (secondary N) is 3. The molecule has 2 aliphatic carbocycles. The van der Waals surface area contributed by atoms with Crippen LogP contribution in [0.3, 0.4) is 0 Å². The fourth-order valence-electron chi connectivity index (χ4n) is 3.34. The molecular weight excluding hydrogens is 426 g/mol. The first kappa shape index (κ1) is 25.9. The minimum Gasteiger partial charge on any atom is -0.467 e. The number of rotatable bonds is 10. The van der Waals surface area contributed by atoms with Crippen LogP contribution in [0.25, 0.3) is 0 Å². The zero-order valence-electron chi connectivity index (χ0n) is 19.6. The van der Waals surface area contributed by atoms with E-state index in [-0.39, 0.29) is 13.0 Å². The Balaban J connectivity index is 1.93. The predicted octanol–water partition coefficient (Wildman–Crippen LogP) is 2.21. The molecule has 33 heavy (non-hydrogen) atoms. The number of hydrogen-bond acceptors (Lipinski definition) is 6. The summed E-state index contributed by atoms with van der Waals surface area (Å²) in [6, 6.07) is -1.76. The van der Waals surface area contributed by atoms with Crippen LogP contribution in [-0.4, -0.2) is 55.2 Å². The number of amides is 3. The number of allylic oxidation sites excluding steroid dienone is 6. The second kappa shape index (κ2) is 12.0. The highest BCUT2D eigenvalue weighted by Crippen LogP contribution is 2.18. The van der Waals surface area contributed by atoms with Crippen LogP contribution in [-0.2, 0) is 23.9 Å². The fourth-order valence-corrected chi connectivity index (χ4v) is 3.34. The molecule has 0 unspecified atom stereocenters. The van der Waals surface area contributed by atoms with Crippen molar-refractivity contribution in [3.63, 3.8) is 0 Å². The molecule has 3 N–H and O–H groups in total. The predicted molar refractivity (Wildman–Crippen MR) is 123 cm³/mol. The first-order chi connectivity index (χ1) is 15.6. The van der Waals surface area contributed by atoms with Gasteiger partial charge in [0, 0.05) is 0 Å². The molecule has 0 heterocycles. The van der Waals surface area contributed by atoms with Gasteiger partial charge < -0.3 is 25.4 Å². The second-order valence-corrected chi connectivity index (χ2v) is 8.88. The molecular formula is C24H33N3O6. The fraction of sp³-hybridized carbons (Fsp3) is 0.500. The van der Waals surface area contributed by atoms with Crippen LogP contribution in [0.15, 0.2) is 47.6 Å². The van der Waals surface area contributed by atoms with Gasteiger partial charge in [-0.05, 0) is 46.5 Å². The molecule has 0 radical (unpaired) electrons. The second-order valence-electron chi connectivity index (χ2n) is 8.88. The van der Waals surface area contributed by atoms with Crippen LogP contribution >= 0.6 is 0 Å². The molecule has 0 saturated carbocycles. The van der Waals surface area contributed by atoms with Crippen molar-refractivity contribution in [2.24, 2.45) is 0 Å². The van der Waals surface area contributed by atoms with E-state index in [9.17, 15) is 19.2 Å². The summed E-state index contributed by atoms with van der Waals surface area (Å²) in [5.74, 6) is -1.63. The first-order valence-electron chi connectivity index (χ1n) is 10.9. The largest absolute Gasteiger partial charge is 0.467 e. The monoisotopic (exact) mass is 459 g/mol. The Morgan fingerprint density at radius 2 is 1.52 bits per heavy atom. The summed E-state index contributed by atoms with van der Waals surface area (Å²) in [6.07, 6.45) is 12.7. The lowest BCUT2D eigenvalue weighted by Crippen LogP contribution is -2.51. The molecule has 0 aromatic heterocycles. The Bertz CT molecular complexity index is 879. The van der Waals surface area contributed by atoms with Gasteiger partial charge in [-0.1, -0.05) is 47.6 Å². The third-order valence-electron chi connectivity index (χ3n) is 4.88. The number of esters is 1. The number of methoxy groups -OCH3 is 1. The van der Waals surface area contributed by atoms with E-state index in [2.05, 4.69) is 16.0 Å². The smallest absolute Gasteiger partial charge is 0.408 e. The number of alkyl carbamates (subject to hydrolysis) is 1. The molecule has 3 amide bonds. The van der Waals surface area contributed by atoms with Gasteiger partial charge in [0.1, 0.15) is 17.7 Å². The highest BCUT2D eigenvalue weighted by atomic mass is 16.6. The zero-order chi connectivity index (χ0) is 24.4. The molecule has 0 spiro atoms. The minimum absolute atomic E-state index is 0.283. The minimum atomic E-state index is -0.912. The maximum Gasteiger partial charge on any atom is 0.408 e. The van der Waals surface area contributed by atoms with E-state index >= 15 is 0 Å². The van der Waals surface area contributed by atoms with Gasteiger partial charge >= 0.3 is 12.1 Å². The Hall–Kier alpha value is -3.36. The maximum atomic E-state index is 12.8. The number of hydrogen-bond donors (Lipinski definition) is 3. The number of ether oxygens (including phenoxy) is 2. The van der Waals surface area contributed by atoms with E-state index in [1.54, 1.807) is 20.8 Å². The Kier molecular flexibility index (Phi) is 9.44. The molecule has 2 aliphatic rings. The van der Waals surface area contributed by atoms with E-state index in [1.807, 2.05) is 36.5 Å². The van der Waals surface area contributed by atoms with E-state index in [1.165, 1.54) is 7.11 Å². The Morgan fingerprint density at radius 1 is 0.939 bits per heavy atom. The molecule has 0 bridgehead atoms. The zero-order valence-corrected chi connectivity index (χ0v) is 19.6. The van der Waals surface area contributed by atoms with Gasteiger partial charge in [-0.2, -0.15) is 0 Å². The number of carbonyl (C=O) groups excluding carboxylic acids is 4. The van der Waals surface area contributed by atoms with E-state index in [0.29, 0.717) is 19.3 Å². The van der Waals surface area contributed by atoms with Gasteiger partial charge in [-0.25, -0.2) is 9.59 Å². The van der Waals surface area contributed by atoms with Crippen molar-refractivity contribution in [3.05, 3.63) is 47.6 Å². The summed E-state index contributed by atoms with van der Waals surface area (Å²) < 4.78 is 10.0. The van der Waals surface area contributed by atoms with E-state index in [4.69, 9.17) is 9.47 Å². The van der Waals surface area contributed by atoms with Crippen molar-refractivity contribution in [1.82, 2.24) is 16.0 Å². The topological polar surface area (TPSA) is 123 Å². The van der Waals surface area contributed by atoms with Crippen LogP contribution in [0.2, 0.25) is 0 Å². The highest BCUT2D eigenvalue weighted by Gasteiger charge is 2.27. The lowest BCUT2D eigenvalue weighted by atomic mass is 10.0. The summed E-state index contributed by atoms with van der Waals surface area (Å²) in [5.41, 5.74) is 1.25. The van der Waals surface area contributed by atoms with Crippen molar-refractivity contribution >= 4 is 23.9 Å². The molecule has 9 nitrogen and oxygen atoms in total. The van der Waals surface area contributed by atoms with Crippen molar-refractivity contribution in [2.75, 3.05) is 13.7 Å². The Morgan fingerprint density at radius 3 is 2.00 bits per heavy atom. The van der Waals surface area contributed by atoms with Gasteiger partial charge in [0.05, 0.1) is 13.7 Å². The van der Waals surface area contributed by atoms with Crippen molar-refractivity contribution < 1.29 is 28.7 Å². The normalized spacial score (nSPS) is 16.4. The third kappa shape index (κ3) is 9.34. The third-order valence-corrected chi connectivity index (χ3v) is 4.88. The molecule has 180 valence electrons. The van der Waals surface area contributed by atoms with Crippen LogP contribution in [0, 0.1) is 0 Å². The lowest BCUT2D eigenvalue weighted by Gasteiger charge is -2.24. The maximum absolute atomic E-state index is 12.8. The highest BCUT2D eigenvalue weighted by molar-refractivity contribution is 5.91. The lowest BCUT2D eigenvalue weighted by molar-refractivity contribution is -0.145. The van der Waals surface area contributed by atoms with Crippen molar-refractivity contribution in [3.8, 4) is 0 Å². The molecule has 2 rings (SSSR count). The van der Waals surface area contributed by atoms with Gasteiger partial charge in [0.15, 0.2) is 0 Å². The SMILES string of the molecule is COC(=O)[C@H](CC1=CC=CC1)NC(=O)CNC(=O)[C@H](CC1=CC=CC1)NC(=O)OC(C)(C)C. The molecule has 0 aromatic rings. The molecule has 0 saturated heterocycles. The van der Waals surface area contributed by atoms with Crippen LogP contribution in [0.1, 0.15) is 46.5 Å². The summed E-state index contributed by atoms with van der Waals surface area (Å²) >= 11 is 0. The van der Waals surface area contributed by atoms with E-state index in [0.717, 1.165) is 11.1 Å². The van der Waals surface area contributed by atoms with Crippen LogP contribution < -0.4 is 16.0 Å². The van der Waals surface area contributed by atoms with Crippen LogP contribution in [0.4, 0.5) is 4.79 Å². The summed E-state index contributed by atoms with van der Waals surface area (Å²) in [5, 5.41) is 7.71. The average Bonchev–Trinajstić information content (AvgIpc) is 3.43. The summed E-state index contributed by atoms with van der Waals surface area (Å²) in [7, 11) is 1.25. The van der Waals surface area contributed by atoms with Crippen molar-refractivity contribution in [2.45, 2.75) is 64.1 Å².